The van der Waals surface area contributed by atoms with Crippen LogP contribution in [0.2, 0.25) is 0 Å². The Labute approximate surface area is 162 Å². The predicted molar refractivity (Wildman–Crippen MR) is 96.9 cm³/mol. The Morgan fingerprint density at radius 2 is 2.00 bits per heavy atom. The van der Waals surface area contributed by atoms with E-state index in [9.17, 15) is 18.0 Å². The average Bonchev–Trinajstić information content (AvgIpc) is 3.38. The van der Waals surface area contributed by atoms with Crippen molar-refractivity contribution in [2.75, 3.05) is 13.1 Å². The third-order valence-electron chi connectivity index (χ3n) is 4.69. The van der Waals surface area contributed by atoms with Crippen molar-refractivity contribution < 1.29 is 22.4 Å². The molecule has 1 saturated heterocycles. The van der Waals surface area contributed by atoms with Gasteiger partial charge >= 0.3 is 6.18 Å². The van der Waals surface area contributed by atoms with Crippen LogP contribution >= 0.6 is 11.3 Å². The summed E-state index contributed by atoms with van der Waals surface area (Å²) in [6.45, 7) is 0.643. The standard InChI is InChI=1S/C19H16F3N3O2S/c20-19(21,22)14-7-2-1-6-13(14)18(26)25-9-3-5-12(11-25)16-23-24-17(27-16)15-8-4-10-28-15/h1-2,4,6-8,10,12H,3,5,9,11H2/t12-/m0/s1. The first-order valence-electron chi connectivity index (χ1n) is 8.76. The second kappa shape index (κ2) is 7.38. The topological polar surface area (TPSA) is 59.2 Å². The van der Waals surface area contributed by atoms with Crippen LogP contribution in [0, 0.1) is 0 Å². The van der Waals surface area contributed by atoms with Gasteiger partial charge < -0.3 is 9.32 Å². The van der Waals surface area contributed by atoms with Crippen LogP contribution in [0.4, 0.5) is 13.2 Å². The number of aromatic nitrogens is 2. The number of likely N-dealkylation sites (tertiary alicyclic amines) is 1. The summed E-state index contributed by atoms with van der Waals surface area (Å²) < 4.78 is 45.5. The van der Waals surface area contributed by atoms with Gasteiger partial charge in [-0.2, -0.15) is 13.2 Å². The lowest BCUT2D eigenvalue weighted by atomic mass is 9.96. The Morgan fingerprint density at radius 3 is 2.75 bits per heavy atom. The maximum absolute atomic E-state index is 13.3. The van der Waals surface area contributed by atoms with E-state index in [-0.39, 0.29) is 18.0 Å². The normalized spacial score (nSPS) is 17.7. The first-order chi connectivity index (χ1) is 13.4. The predicted octanol–water partition coefficient (Wildman–Crippen LogP) is 4.84. The third-order valence-corrected chi connectivity index (χ3v) is 5.55. The molecule has 2 aromatic heterocycles. The molecule has 28 heavy (non-hydrogen) atoms. The van der Waals surface area contributed by atoms with Crippen molar-refractivity contribution in [1.29, 1.82) is 0 Å². The summed E-state index contributed by atoms with van der Waals surface area (Å²) in [6.07, 6.45) is -3.19. The first-order valence-corrected chi connectivity index (χ1v) is 9.64. The Balaban J connectivity index is 1.54. The average molecular weight is 407 g/mol. The van der Waals surface area contributed by atoms with Crippen LogP contribution in [0.3, 0.4) is 0 Å². The largest absolute Gasteiger partial charge is 0.420 e. The number of benzene rings is 1. The summed E-state index contributed by atoms with van der Waals surface area (Å²) in [5.41, 5.74) is -1.25. The van der Waals surface area contributed by atoms with Crippen LogP contribution in [0.25, 0.3) is 10.8 Å². The van der Waals surface area contributed by atoms with Crippen LogP contribution in [-0.4, -0.2) is 34.1 Å². The lowest BCUT2D eigenvalue weighted by Crippen LogP contribution is -2.40. The summed E-state index contributed by atoms with van der Waals surface area (Å²) in [6, 6.07) is 8.62. The van der Waals surface area contributed by atoms with Gasteiger partial charge in [0.15, 0.2) is 0 Å². The van der Waals surface area contributed by atoms with Gasteiger partial charge in [0.25, 0.3) is 11.8 Å². The number of rotatable bonds is 3. The number of piperidine rings is 1. The Kier molecular flexibility index (Phi) is 4.92. The van der Waals surface area contributed by atoms with Crippen molar-refractivity contribution in [3.05, 3.63) is 58.8 Å². The molecule has 1 aromatic carbocycles. The van der Waals surface area contributed by atoms with Crippen LogP contribution < -0.4 is 0 Å². The number of thiophene rings is 1. The molecule has 0 unspecified atom stereocenters. The highest BCUT2D eigenvalue weighted by Gasteiger charge is 2.37. The van der Waals surface area contributed by atoms with Crippen molar-refractivity contribution in [2.45, 2.75) is 24.9 Å². The van der Waals surface area contributed by atoms with Crippen molar-refractivity contribution in [3.8, 4) is 10.8 Å². The minimum absolute atomic E-state index is 0.197. The molecule has 1 aliphatic heterocycles. The summed E-state index contributed by atoms with van der Waals surface area (Å²) in [5.74, 6) is -0.00606. The van der Waals surface area contributed by atoms with Gasteiger partial charge in [-0.25, -0.2) is 0 Å². The lowest BCUT2D eigenvalue weighted by molar-refractivity contribution is -0.138. The van der Waals surface area contributed by atoms with Crippen molar-refractivity contribution in [1.82, 2.24) is 15.1 Å². The molecule has 1 atom stereocenters. The Morgan fingerprint density at radius 1 is 1.18 bits per heavy atom. The van der Waals surface area contributed by atoms with Crippen molar-refractivity contribution in [3.63, 3.8) is 0 Å². The number of carbonyl (C=O) groups excluding carboxylic acids is 1. The lowest BCUT2D eigenvalue weighted by Gasteiger charge is -2.31. The fourth-order valence-corrected chi connectivity index (χ4v) is 3.99. The summed E-state index contributed by atoms with van der Waals surface area (Å²) in [4.78, 5) is 15.1. The van der Waals surface area contributed by atoms with Gasteiger partial charge in [-0.3, -0.25) is 4.79 Å². The van der Waals surface area contributed by atoms with Crippen LogP contribution in [0.1, 0.15) is 40.6 Å². The van der Waals surface area contributed by atoms with E-state index < -0.39 is 17.6 Å². The Hall–Kier alpha value is -2.68. The molecule has 0 N–H and O–H groups in total. The molecule has 5 nitrogen and oxygen atoms in total. The van der Waals surface area contributed by atoms with Gasteiger partial charge in [0.1, 0.15) is 0 Å². The SMILES string of the molecule is O=C(c1ccccc1C(F)(F)F)N1CCC[C@H](c2nnc(-c3cccs3)o2)C1. The van der Waals surface area contributed by atoms with E-state index in [1.54, 1.807) is 0 Å². The van der Waals surface area contributed by atoms with E-state index in [1.807, 2.05) is 17.5 Å². The van der Waals surface area contributed by atoms with E-state index in [1.165, 1.54) is 34.4 Å². The molecule has 0 bridgehead atoms. The molecule has 9 heteroatoms. The third kappa shape index (κ3) is 3.66. The number of amides is 1. The van der Waals surface area contributed by atoms with Crippen LogP contribution in [-0.2, 0) is 6.18 Å². The van der Waals surface area contributed by atoms with Crippen molar-refractivity contribution >= 4 is 17.2 Å². The highest BCUT2D eigenvalue weighted by Crippen LogP contribution is 2.34. The second-order valence-corrected chi connectivity index (χ2v) is 7.50. The second-order valence-electron chi connectivity index (χ2n) is 6.56. The minimum atomic E-state index is -4.58. The Bertz CT molecular complexity index is 969. The zero-order valence-corrected chi connectivity index (χ0v) is 15.5. The molecule has 146 valence electrons. The molecule has 1 aliphatic rings. The van der Waals surface area contributed by atoms with Crippen molar-refractivity contribution in [2.24, 2.45) is 0 Å². The molecule has 1 fully saturated rings. The van der Waals surface area contributed by atoms with Crippen LogP contribution in [0.15, 0.2) is 46.2 Å². The molecule has 0 saturated carbocycles. The molecule has 4 rings (SSSR count). The van der Waals surface area contributed by atoms with Crippen LogP contribution in [0.5, 0.6) is 0 Å². The summed E-state index contributed by atoms with van der Waals surface area (Å²) in [5, 5.41) is 10.0. The van der Waals surface area contributed by atoms with Gasteiger partial charge in [-0.05, 0) is 36.4 Å². The quantitative estimate of drug-likeness (QED) is 0.624. The highest BCUT2D eigenvalue weighted by atomic mass is 32.1. The van der Waals surface area contributed by atoms with Gasteiger partial charge in [-0.1, -0.05) is 18.2 Å². The molecular weight excluding hydrogens is 391 g/mol. The van der Waals surface area contributed by atoms with Gasteiger partial charge in [0.2, 0.25) is 5.89 Å². The number of alkyl halides is 3. The zero-order valence-electron chi connectivity index (χ0n) is 14.6. The minimum Gasteiger partial charge on any atom is -0.420 e. The number of carbonyl (C=O) groups is 1. The monoisotopic (exact) mass is 407 g/mol. The molecule has 3 aromatic rings. The maximum Gasteiger partial charge on any atom is 0.417 e. The summed E-state index contributed by atoms with van der Waals surface area (Å²) in [7, 11) is 0. The van der Waals surface area contributed by atoms with E-state index in [4.69, 9.17) is 4.42 Å². The first kappa shape index (κ1) is 18.7. The van der Waals surface area contributed by atoms with E-state index in [0.29, 0.717) is 24.7 Å². The maximum atomic E-state index is 13.3. The highest BCUT2D eigenvalue weighted by molar-refractivity contribution is 7.13. The molecular formula is C19H16F3N3O2S. The number of hydrogen-bond donors (Lipinski definition) is 0. The fraction of sp³-hybridized carbons (Fsp3) is 0.316. The van der Waals surface area contributed by atoms with E-state index in [2.05, 4.69) is 10.2 Å². The molecule has 3 heterocycles. The molecule has 1 amide bonds. The van der Waals surface area contributed by atoms with Gasteiger partial charge in [0, 0.05) is 13.1 Å². The van der Waals surface area contributed by atoms with E-state index in [0.717, 1.165) is 17.4 Å². The number of nitrogens with zero attached hydrogens (tertiary/aromatic N) is 3. The fourth-order valence-electron chi connectivity index (χ4n) is 3.35. The summed E-state index contributed by atoms with van der Waals surface area (Å²) >= 11 is 1.48. The molecule has 0 spiro atoms. The van der Waals surface area contributed by atoms with Gasteiger partial charge in [0.05, 0.1) is 21.9 Å². The van der Waals surface area contributed by atoms with E-state index >= 15 is 0 Å². The number of hydrogen-bond acceptors (Lipinski definition) is 5. The molecule has 0 aliphatic carbocycles. The number of halogens is 3. The zero-order chi connectivity index (χ0) is 19.7. The smallest absolute Gasteiger partial charge is 0.417 e. The molecule has 0 radical (unpaired) electrons. The van der Waals surface area contributed by atoms with Gasteiger partial charge in [-0.15, -0.1) is 21.5 Å².